The Morgan fingerprint density at radius 1 is 1.13 bits per heavy atom. The van der Waals surface area contributed by atoms with Gasteiger partial charge in [-0.15, -0.1) is 0 Å². The average molecular weight is 310 g/mol. The van der Waals surface area contributed by atoms with Crippen molar-refractivity contribution in [2.75, 3.05) is 30.4 Å². The highest BCUT2D eigenvalue weighted by Crippen LogP contribution is 2.27. The predicted molar refractivity (Wildman–Crippen MR) is 93.6 cm³/mol. The summed E-state index contributed by atoms with van der Waals surface area (Å²) in [5.41, 5.74) is 3.86. The highest BCUT2D eigenvalue weighted by molar-refractivity contribution is 6.04. The Labute approximate surface area is 137 Å². The number of hydrogen-bond donors (Lipinski definition) is 1. The van der Waals surface area contributed by atoms with Crippen LogP contribution in [-0.4, -0.2) is 26.1 Å². The Morgan fingerprint density at radius 2 is 1.91 bits per heavy atom. The van der Waals surface area contributed by atoms with Crippen molar-refractivity contribution in [1.29, 1.82) is 0 Å². The molecule has 120 valence electrons. The number of anilines is 2. The highest BCUT2D eigenvalue weighted by atomic mass is 16.5. The third-order valence-electron chi connectivity index (χ3n) is 4.23. The van der Waals surface area contributed by atoms with Gasteiger partial charge in [0.05, 0.1) is 7.11 Å². The molecule has 23 heavy (non-hydrogen) atoms. The van der Waals surface area contributed by atoms with Gasteiger partial charge in [0.25, 0.3) is 5.91 Å². The molecule has 4 nitrogen and oxygen atoms in total. The van der Waals surface area contributed by atoms with Crippen LogP contribution in [0, 0.1) is 6.92 Å². The van der Waals surface area contributed by atoms with E-state index in [-0.39, 0.29) is 5.91 Å². The van der Waals surface area contributed by atoms with E-state index in [4.69, 9.17) is 4.74 Å². The van der Waals surface area contributed by atoms with E-state index in [1.807, 2.05) is 24.3 Å². The van der Waals surface area contributed by atoms with E-state index in [0.717, 1.165) is 18.8 Å². The molecule has 0 atom stereocenters. The van der Waals surface area contributed by atoms with Crippen molar-refractivity contribution >= 4 is 17.3 Å². The van der Waals surface area contributed by atoms with Gasteiger partial charge in [-0.3, -0.25) is 4.79 Å². The maximum absolute atomic E-state index is 12.4. The summed E-state index contributed by atoms with van der Waals surface area (Å²) >= 11 is 0. The molecule has 1 heterocycles. The lowest BCUT2D eigenvalue weighted by molar-refractivity contribution is 0.102. The number of hydrogen-bond acceptors (Lipinski definition) is 3. The Balaban J connectivity index is 1.74. The van der Waals surface area contributed by atoms with Gasteiger partial charge in [-0.1, -0.05) is 6.07 Å². The number of carbonyl (C=O) groups is 1. The maximum atomic E-state index is 12.4. The molecule has 2 aromatic rings. The number of ether oxygens (including phenoxy) is 1. The molecule has 1 N–H and O–H groups in total. The fourth-order valence-electron chi connectivity index (χ4n) is 3.01. The van der Waals surface area contributed by atoms with Crippen molar-refractivity contribution < 1.29 is 9.53 Å². The van der Waals surface area contributed by atoms with Crippen molar-refractivity contribution in [3.8, 4) is 5.75 Å². The summed E-state index contributed by atoms with van der Waals surface area (Å²) in [5.74, 6) is 0.551. The fraction of sp³-hybridized carbons (Fsp3) is 0.316. The largest absolute Gasteiger partial charge is 0.497 e. The number of methoxy groups -OCH3 is 1. The van der Waals surface area contributed by atoms with Gasteiger partial charge in [0.15, 0.2) is 0 Å². The molecule has 4 heteroatoms. The summed E-state index contributed by atoms with van der Waals surface area (Å²) in [7, 11) is 1.59. The number of nitrogens with zero attached hydrogens (tertiary/aromatic N) is 1. The van der Waals surface area contributed by atoms with E-state index in [1.165, 1.54) is 24.1 Å². The molecule has 2 aromatic carbocycles. The third-order valence-corrected chi connectivity index (χ3v) is 4.23. The Morgan fingerprint density at radius 3 is 2.61 bits per heavy atom. The van der Waals surface area contributed by atoms with E-state index < -0.39 is 0 Å². The lowest BCUT2D eigenvalue weighted by Gasteiger charge is -2.20. The molecular weight excluding hydrogens is 288 g/mol. The zero-order chi connectivity index (χ0) is 16.2. The van der Waals surface area contributed by atoms with Crippen LogP contribution in [0.2, 0.25) is 0 Å². The van der Waals surface area contributed by atoms with E-state index in [9.17, 15) is 4.79 Å². The number of benzene rings is 2. The fourth-order valence-corrected chi connectivity index (χ4v) is 3.01. The number of nitrogens with one attached hydrogen (secondary N) is 1. The second-order valence-electron chi connectivity index (χ2n) is 5.88. The molecule has 1 aliphatic heterocycles. The molecule has 0 bridgehead atoms. The monoisotopic (exact) mass is 310 g/mol. The Bertz CT molecular complexity index is 706. The van der Waals surface area contributed by atoms with Crippen molar-refractivity contribution in [1.82, 2.24) is 0 Å². The van der Waals surface area contributed by atoms with Gasteiger partial charge in [0.2, 0.25) is 0 Å². The zero-order valence-corrected chi connectivity index (χ0v) is 13.6. The normalized spacial score (nSPS) is 13.9. The van der Waals surface area contributed by atoms with Crippen LogP contribution in [0.25, 0.3) is 0 Å². The van der Waals surface area contributed by atoms with Gasteiger partial charge in [0.1, 0.15) is 5.75 Å². The van der Waals surface area contributed by atoms with E-state index >= 15 is 0 Å². The summed E-state index contributed by atoms with van der Waals surface area (Å²) in [6.07, 6.45) is 2.52. The van der Waals surface area contributed by atoms with Crippen molar-refractivity contribution in [2.45, 2.75) is 19.8 Å². The molecule has 0 aromatic heterocycles. The van der Waals surface area contributed by atoms with Crippen LogP contribution in [0.1, 0.15) is 28.8 Å². The van der Waals surface area contributed by atoms with Gasteiger partial charge >= 0.3 is 0 Å². The smallest absolute Gasteiger partial charge is 0.255 e. The predicted octanol–water partition coefficient (Wildman–Crippen LogP) is 3.86. The number of rotatable bonds is 4. The second kappa shape index (κ2) is 6.73. The van der Waals surface area contributed by atoms with E-state index in [2.05, 4.69) is 23.2 Å². The van der Waals surface area contributed by atoms with Gasteiger partial charge in [-0.05, 0) is 61.7 Å². The third kappa shape index (κ3) is 3.47. The lowest BCUT2D eigenvalue weighted by atomic mass is 10.1. The van der Waals surface area contributed by atoms with Crippen LogP contribution in [0.15, 0.2) is 42.5 Å². The van der Waals surface area contributed by atoms with E-state index in [0.29, 0.717) is 11.3 Å². The minimum atomic E-state index is -0.128. The van der Waals surface area contributed by atoms with E-state index in [1.54, 1.807) is 19.2 Å². The summed E-state index contributed by atoms with van der Waals surface area (Å²) in [5, 5.41) is 2.96. The maximum Gasteiger partial charge on any atom is 0.255 e. The standard InChI is InChI=1S/C19H22N2O2/c1-14-12-16(8-9-18(14)21-10-3-4-11-21)20-19(22)15-6-5-7-17(13-15)23-2/h5-9,12-13H,3-4,10-11H2,1-2H3,(H,20,22). The molecule has 1 amide bonds. The lowest BCUT2D eigenvalue weighted by Crippen LogP contribution is -2.19. The van der Waals surface area contributed by atoms with Crippen LogP contribution in [0.5, 0.6) is 5.75 Å². The molecule has 0 saturated carbocycles. The van der Waals surface area contributed by atoms with Crippen molar-refractivity contribution in [3.05, 3.63) is 53.6 Å². The van der Waals surface area contributed by atoms with Crippen LogP contribution < -0.4 is 15.0 Å². The molecule has 0 aliphatic carbocycles. The quantitative estimate of drug-likeness (QED) is 0.932. The zero-order valence-electron chi connectivity index (χ0n) is 13.6. The van der Waals surface area contributed by atoms with Gasteiger partial charge < -0.3 is 15.0 Å². The first-order valence-corrected chi connectivity index (χ1v) is 7.98. The molecule has 1 fully saturated rings. The molecule has 0 unspecified atom stereocenters. The summed E-state index contributed by atoms with van der Waals surface area (Å²) in [4.78, 5) is 14.8. The molecule has 0 radical (unpaired) electrons. The van der Waals surface area contributed by atoms with Crippen LogP contribution >= 0.6 is 0 Å². The Kier molecular flexibility index (Phi) is 4.51. The summed E-state index contributed by atoms with van der Waals surface area (Å²) in [6.45, 7) is 4.33. The summed E-state index contributed by atoms with van der Waals surface area (Å²) in [6, 6.07) is 13.3. The van der Waals surface area contributed by atoms with Gasteiger partial charge in [-0.25, -0.2) is 0 Å². The first-order valence-electron chi connectivity index (χ1n) is 7.98. The first-order chi connectivity index (χ1) is 11.2. The second-order valence-corrected chi connectivity index (χ2v) is 5.88. The number of aryl methyl sites for hydroxylation is 1. The van der Waals surface area contributed by atoms with Crippen LogP contribution in [0.4, 0.5) is 11.4 Å². The minimum absolute atomic E-state index is 0.128. The number of amides is 1. The van der Waals surface area contributed by atoms with Gasteiger partial charge in [-0.2, -0.15) is 0 Å². The Hall–Kier alpha value is -2.49. The molecular formula is C19H22N2O2. The average Bonchev–Trinajstić information content (AvgIpc) is 3.09. The first kappa shape index (κ1) is 15.4. The molecule has 0 spiro atoms. The summed E-state index contributed by atoms with van der Waals surface area (Å²) < 4.78 is 5.16. The topological polar surface area (TPSA) is 41.6 Å². The van der Waals surface area contributed by atoms with Crippen LogP contribution in [0.3, 0.4) is 0 Å². The SMILES string of the molecule is COc1cccc(C(=O)Nc2ccc(N3CCCC3)c(C)c2)c1. The van der Waals surface area contributed by atoms with Gasteiger partial charge in [0, 0.05) is 30.0 Å². The van der Waals surface area contributed by atoms with Crippen molar-refractivity contribution in [2.24, 2.45) is 0 Å². The molecule has 3 rings (SSSR count). The minimum Gasteiger partial charge on any atom is -0.497 e. The molecule has 1 aliphatic rings. The number of carbonyl (C=O) groups excluding carboxylic acids is 1. The van der Waals surface area contributed by atoms with Crippen LogP contribution in [-0.2, 0) is 0 Å². The van der Waals surface area contributed by atoms with Crippen molar-refractivity contribution in [3.63, 3.8) is 0 Å². The highest BCUT2D eigenvalue weighted by Gasteiger charge is 2.15. The molecule has 1 saturated heterocycles.